The molecule has 1 aliphatic heterocycles. The van der Waals surface area contributed by atoms with Crippen LogP contribution < -0.4 is 4.90 Å². The van der Waals surface area contributed by atoms with Crippen LogP contribution in [-0.2, 0) is 16.1 Å². The number of para-hydroxylation sites is 1. The number of benzene rings is 2. The van der Waals surface area contributed by atoms with E-state index in [4.69, 9.17) is 4.74 Å². The molecule has 3 rings (SSSR count). The average molecular weight is 399 g/mol. The van der Waals surface area contributed by atoms with E-state index in [0.717, 1.165) is 24.3 Å². The predicted molar refractivity (Wildman–Crippen MR) is 114 cm³/mol. The maximum atomic E-state index is 12.8. The number of ether oxygens (including phenoxy) is 1. The number of nitrogens with zero attached hydrogens (tertiary/aromatic N) is 2. The molecule has 0 bridgehead atoms. The van der Waals surface area contributed by atoms with Crippen LogP contribution in [-0.4, -0.2) is 47.5 Å². The van der Waals surface area contributed by atoms with E-state index in [2.05, 4.69) is 18.7 Å². The minimum Gasteiger partial charge on any atom is -0.459 e. The Kier molecular flexibility index (Phi) is 6.98. The molecule has 0 unspecified atom stereocenters. The monoisotopic (exact) mass is 398 g/mol. The largest absolute Gasteiger partial charge is 0.459 e. The number of thioether (sulfide) groups is 1. The van der Waals surface area contributed by atoms with Crippen LogP contribution in [0, 0.1) is 0 Å². The molecule has 1 heterocycles. The number of anilines is 1. The van der Waals surface area contributed by atoms with Crippen molar-refractivity contribution in [2.45, 2.75) is 26.5 Å². The summed E-state index contributed by atoms with van der Waals surface area (Å²) in [5.41, 5.74) is 2.65. The smallest absolute Gasteiger partial charge is 0.330 e. The summed E-state index contributed by atoms with van der Waals surface area (Å²) in [6, 6.07) is 16.5. The molecule has 28 heavy (non-hydrogen) atoms. The number of hydrogen-bond acceptors (Lipinski definition) is 5. The van der Waals surface area contributed by atoms with Gasteiger partial charge >= 0.3 is 5.97 Å². The first-order valence-electron chi connectivity index (χ1n) is 9.59. The fraction of sp³-hybridized carbons (Fsp3) is 0.364. The summed E-state index contributed by atoms with van der Waals surface area (Å²) in [6.07, 6.45) is 0. The molecule has 0 N–H and O–H groups in total. The zero-order chi connectivity index (χ0) is 19.9. The molecule has 0 radical (unpaired) electrons. The van der Waals surface area contributed by atoms with Crippen molar-refractivity contribution in [1.82, 2.24) is 4.90 Å². The van der Waals surface area contributed by atoms with Crippen molar-refractivity contribution >= 4 is 29.3 Å². The Balaban J connectivity index is 1.67. The Bertz CT molecular complexity index is 808. The Morgan fingerprint density at radius 1 is 1.07 bits per heavy atom. The van der Waals surface area contributed by atoms with E-state index < -0.39 is 6.04 Å². The standard InChI is InChI=1S/C22H26N2O3S/c1-3-23(4-2)19-13-9-8-12-18(19)14-27-22(26)20-15-28-16-24(20)21(25)17-10-6-5-7-11-17/h5-13,20H,3-4,14-16H2,1-2H3/t20-/m0/s1. The van der Waals surface area contributed by atoms with Gasteiger partial charge in [-0.05, 0) is 32.0 Å². The van der Waals surface area contributed by atoms with Crippen LogP contribution in [0.25, 0.3) is 0 Å². The lowest BCUT2D eigenvalue weighted by Crippen LogP contribution is -2.42. The van der Waals surface area contributed by atoms with E-state index in [0.29, 0.717) is 17.2 Å². The lowest BCUT2D eigenvalue weighted by molar-refractivity contribution is -0.149. The van der Waals surface area contributed by atoms with E-state index >= 15 is 0 Å². The summed E-state index contributed by atoms with van der Waals surface area (Å²) < 4.78 is 5.64. The maximum absolute atomic E-state index is 12.8. The lowest BCUT2D eigenvalue weighted by Gasteiger charge is -2.25. The minimum atomic E-state index is -0.543. The number of amides is 1. The van der Waals surface area contributed by atoms with Crippen molar-refractivity contribution in [2.24, 2.45) is 0 Å². The molecule has 0 spiro atoms. The molecule has 1 amide bonds. The fourth-order valence-electron chi connectivity index (χ4n) is 3.34. The molecular weight excluding hydrogens is 372 g/mol. The molecule has 1 fully saturated rings. The molecule has 0 aliphatic carbocycles. The summed E-state index contributed by atoms with van der Waals surface area (Å²) in [4.78, 5) is 29.3. The Morgan fingerprint density at radius 3 is 2.46 bits per heavy atom. The zero-order valence-corrected chi connectivity index (χ0v) is 17.2. The highest BCUT2D eigenvalue weighted by Gasteiger charge is 2.36. The minimum absolute atomic E-state index is 0.129. The van der Waals surface area contributed by atoms with Gasteiger partial charge in [0, 0.05) is 35.7 Å². The number of carbonyl (C=O) groups excluding carboxylic acids is 2. The first-order chi connectivity index (χ1) is 13.7. The van der Waals surface area contributed by atoms with E-state index in [1.165, 1.54) is 0 Å². The van der Waals surface area contributed by atoms with Gasteiger partial charge in [-0.1, -0.05) is 36.4 Å². The van der Waals surface area contributed by atoms with Crippen molar-refractivity contribution in [3.8, 4) is 0 Å². The molecule has 5 nitrogen and oxygen atoms in total. The van der Waals surface area contributed by atoms with Gasteiger partial charge in [0.1, 0.15) is 12.6 Å². The van der Waals surface area contributed by atoms with Gasteiger partial charge in [0.2, 0.25) is 0 Å². The summed E-state index contributed by atoms with van der Waals surface area (Å²) in [5.74, 6) is 0.596. The highest BCUT2D eigenvalue weighted by Crippen LogP contribution is 2.26. The number of hydrogen-bond donors (Lipinski definition) is 0. The number of carbonyl (C=O) groups is 2. The maximum Gasteiger partial charge on any atom is 0.330 e. The summed E-state index contributed by atoms with van der Waals surface area (Å²) in [7, 11) is 0. The summed E-state index contributed by atoms with van der Waals surface area (Å²) in [6.45, 7) is 6.20. The first kappa shape index (κ1) is 20.3. The third-order valence-electron chi connectivity index (χ3n) is 4.90. The van der Waals surface area contributed by atoms with E-state index in [1.807, 2.05) is 42.5 Å². The molecule has 148 valence electrons. The van der Waals surface area contributed by atoms with E-state index in [-0.39, 0.29) is 18.5 Å². The number of esters is 1. The zero-order valence-electron chi connectivity index (χ0n) is 16.3. The van der Waals surface area contributed by atoms with Crippen molar-refractivity contribution in [1.29, 1.82) is 0 Å². The van der Waals surface area contributed by atoms with Crippen molar-refractivity contribution in [3.63, 3.8) is 0 Å². The Morgan fingerprint density at radius 2 is 1.75 bits per heavy atom. The highest BCUT2D eigenvalue weighted by atomic mass is 32.2. The summed E-state index contributed by atoms with van der Waals surface area (Å²) >= 11 is 1.57. The van der Waals surface area contributed by atoms with Gasteiger partial charge < -0.3 is 14.5 Å². The molecular formula is C22H26N2O3S. The van der Waals surface area contributed by atoms with Crippen molar-refractivity contribution in [3.05, 3.63) is 65.7 Å². The summed E-state index contributed by atoms with van der Waals surface area (Å²) in [5, 5.41) is 0. The second-order valence-corrected chi connectivity index (χ2v) is 7.57. The molecule has 1 atom stereocenters. The normalized spacial score (nSPS) is 16.1. The molecule has 2 aromatic carbocycles. The molecule has 6 heteroatoms. The molecule has 1 aliphatic rings. The van der Waals surface area contributed by atoms with Crippen LogP contribution >= 0.6 is 11.8 Å². The second-order valence-electron chi connectivity index (χ2n) is 6.57. The third kappa shape index (κ3) is 4.50. The van der Waals surface area contributed by atoms with E-state index in [1.54, 1.807) is 28.8 Å². The van der Waals surface area contributed by atoms with Crippen LogP contribution in [0.4, 0.5) is 5.69 Å². The van der Waals surface area contributed by atoms with Crippen LogP contribution in [0.2, 0.25) is 0 Å². The van der Waals surface area contributed by atoms with Gasteiger partial charge in [-0.3, -0.25) is 4.79 Å². The molecule has 2 aromatic rings. The second kappa shape index (κ2) is 9.64. The van der Waals surface area contributed by atoms with E-state index in [9.17, 15) is 9.59 Å². The van der Waals surface area contributed by atoms with Gasteiger partial charge in [0.25, 0.3) is 5.91 Å². The van der Waals surface area contributed by atoms with Gasteiger partial charge in [0.05, 0.1) is 5.88 Å². The molecule has 1 saturated heterocycles. The predicted octanol–water partition coefficient (Wildman–Crippen LogP) is 3.79. The SMILES string of the molecule is CCN(CC)c1ccccc1COC(=O)[C@@H]1CSCN1C(=O)c1ccccc1. The third-order valence-corrected chi connectivity index (χ3v) is 5.91. The van der Waals surface area contributed by atoms with Crippen molar-refractivity contribution in [2.75, 3.05) is 29.6 Å². The van der Waals surface area contributed by atoms with Crippen LogP contribution in [0.5, 0.6) is 0 Å². The van der Waals surface area contributed by atoms with Gasteiger partial charge in [-0.25, -0.2) is 4.79 Å². The van der Waals surface area contributed by atoms with Crippen LogP contribution in [0.3, 0.4) is 0 Å². The fourth-order valence-corrected chi connectivity index (χ4v) is 4.47. The first-order valence-corrected chi connectivity index (χ1v) is 10.7. The number of rotatable bonds is 7. The average Bonchev–Trinajstić information content (AvgIpc) is 3.24. The lowest BCUT2D eigenvalue weighted by atomic mass is 10.1. The van der Waals surface area contributed by atoms with Crippen LogP contribution in [0.1, 0.15) is 29.8 Å². The highest BCUT2D eigenvalue weighted by molar-refractivity contribution is 7.99. The van der Waals surface area contributed by atoms with Crippen molar-refractivity contribution < 1.29 is 14.3 Å². The quantitative estimate of drug-likeness (QED) is 0.664. The topological polar surface area (TPSA) is 49.9 Å². The Hall–Kier alpha value is -2.47. The van der Waals surface area contributed by atoms with Gasteiger partial charge in [-0.15, -0.1) is 11.8 Å². The molecule has 0 saturated carbocycles. The van der Waals surface area contributed by atoms with Crippen LogP contribution in [0.15, 0.2) is 54.6 Å². The van der Waals surface area contributed by atoms with Gasteiger partial charge in [0.15, 0.2) is 0 Å². The molecule has 0 aromatic heterocycles. The van der Waals surface area contributed by atoms with Gasteiger partial charge in [-0.2, -0.15) is 0 Å². The Labute approximate surface area is 170 Å².